The van der Waals surface area contributed by atoms with E-state index in [4.69, 9.17) is 9.72 Å². The van der Waals surface area contributed by atoms with Crippen molar-refractivity contribution in [2.75, 3.05) is 18.6 Å². The second kappa shape index (κ2) is 9.35. The largest absolute Gasteiger partial charge is 0.504 e. The summed E-state index contributed by atoms with van der Waals surface area (Å²) in [6.45, 7) is 2.80. The van der Waals surface area contributed by atoms with Crippen molar-refractivity contribution in [2.24, 2.45) is 0 Å². The topological polar surface area (TPSA) is 71.4 Å². The average Bonchev–Trinajstić information content (AvgIpc) is 2.90. The van der Waals surface area contributed by atoms with Crippen LogP contribution in [0.25, 0.3) is 22.5 Å². The summed E-state index contributed by atoms with van der Waals surface area (Å²) < 4.78 is 5.35. The second-order valence-corrected chi connectivity index (χ2v) is 8.40. The molecule has 170 valence electrons. The third-order valence-corrected chi connectivity index (χ3v) is 6.10. The van der Waals surface area contributed by atoms with Crippen LogP contribution in [0.4, 0.5) is 5.95 Å². The zero-order chi connectivity index (χ0) is 23.5. The standard InChI is InChI=1S/C28H26N4O2/c1-19-13-15-23(22-14-16-24(33)25(17-22)34-2)32(18-19)28-29-26(20-9-5-3-6-10-20)27(30-31-28)21-11-7-4-8-12-21/h3-14,16-17,23,33H,15,18H2,1-2H3. The van der Waals surface area contributed by atoms with Crippen molar-refractivity contribution in [3.63, 3.8) is 0 Å². The number of aromatic hydroxyl groups is 1. The maximum atomic E-state index is 10.1. The molecule has 0 saturated heterocycles. The van der Waals surface area contributed by atoms with Crippen molar-refractivity contribution in [2.45, 2.75) is 19.4 Å². The van der Waals surface area contributed by atoms with Crippen LogP contribution in [0.5, 0.6) is 11.5 Å². The molecule has 0 radical (unpaired) electrons. The van der Waals surface area contributed by atoms with Crippen LogP contribution in [0.2, 0.25) is 0 Å². The molecule has 1 aliphatic heterocycles. The van der Waals surface area contributed by atoms with Gasteiger partial charge in [-0.3, -0.25) is 0 Å². The third-order valence-electron chi connectivity index (χ3n) is 6.10. The first-order valence-electron chi connectivity index (χ1n) is 11.3. The van der Waals surface area contributed by atoms with Crippen molar-refractivity contribution in [3.05, 3.63) is 96.1 Å². The van der Waals surface area contributed by atoms with Crippen molar-refractivity contribution in [3.8, 4) is 34.0 Å². The Bertz CT molecular complexity index is 1320. The monoisotopic (exact) mass is 450 g/mol. The minimum atomic E-state index is -0.00815. The lowest BCUT2D eigenvalue weighted by Gasteiger charge is -2.35. The van der Waals surface area contributed by atoms with Gasteiger partial charge in [-0.15, -0.1) is 10.2 Å². The minimum absolute atomic E-state index is 0.00815. The smallest absolute Gasteiger partial charge is 0.246 e. The second-order valence-electron chi connectivity index (χ2n) is 8.40. The van der Waals surface area contributed by atoms with E-state index < -0.39 is 0 Å². The highest BCUT2D eigenvalue weighted by atomic mass is 16.5. The molecule has 0 aliphatic carbocycles. The quantitative estimate of drug-likeness (QED) is 0.387. The molecule has 4 aromatic rings. The molecule has 6 nitrogen and oxygen atoms in total. The molecule has 0 fully saturated rings. The number of aromatic nitrogens is 3. The minimum Gasteiger partial charge on any atom is -0.504 e. The van der Waals surface area contributed by atoms with E-state index in [9.17, 15) is 5.11 Å². The molecule has 1 aliphatic rings. The van der Waals surface area contributed by atoms with E-state index in [-0.39, 0.29) is 11.8 Å². The van der Waals surface area contributed by atoms with E-state index in [1.165, 1.54) is 5.57 Å². The highest BCUT2D eigenvalue weighted by Gasteiger charge is 2.28. The molecule has 0 bridgehead atoms. The fourth-order valence-electron chi connectivity index (χ4n) is 4.34. The van der Waals surface area contributed by atoms with Gasteiger partial charge in [0.15, 0.2) is 11.5 Å². The molecule has 2 heterocycles. The third kappa shape index (κ3) is 4.22. The van der Waals surface area contributed by atoms with Crippen LogP contribution in [0.3, 0.4) is 0 Å². The van der Waals surface area contributed by atoms with Crippen LogP contribution in [0.1, 0.15) is 24.9 Å². The highest BCUT2D eigenvalue weighted by Crippen LogP contribution is 2.38. The number of nitrogens with zero attached hydrogens (tertiary/aromatic N) is 4. The average molecular weight is 451 g/mol. The molecular formula is C28H26N4O2. The van der Waals surface area contributed by atoms with Crippen LogP contribution >= 0.6 is 0 Å². The van der Waals surface area contributed by atoms with Crippen LogP contribution < -0.4 is 9.64 Å². The first-order valence-corrected chi connectivity index (χ1v) is 11.3. The highest BCUT2D eigenvalue weighted by molar-refractivity contribution is 5.78. The number of phenolic OH excluding ortho intramolecular Hbond substituents is 1. The number of phenols is 1. The summed E-state index contributed by atoms with van der Waals surface area (Å²) in [5.74, 6) is 1.15. The van der Waals surface area contributed by atoms with E-state index in [0.717, 1.165) is 34.5 Å². The molecule has 0 amide bonds. The Hall–Kier alpha value is -4.19. The Balaban J connectivity index is 1.62. The van der Waals surface area contributed by atoms with Crippen molar-refractivity contribution in [1.29, 1.82) is 0 Å². The normalized spacial score (nSPS) is 15.6. The van der Waals surface area contributed by atoms with Gasteiger partial charge in [0, 0.05) is 17.7 Å². The van der Waals surface area contributed by atoms with E-state index in [0.29, 0.717) is 18.2 Å². The number of benzene rings is 3. The summed E-state index contributed by atoms with van der Waals surface area (Å²) in [5, 5.41) is 19.3. The Morgan fingerprint density at radius 3 is 2.24 bits per heavy atom. The Labute approximate surface area is 199 Å². The molecule has 34 heavy (non-hydrogen) atoms. The first kappa shape index (κ1) is 21.6. The number of hydrogen-bond acceptors (Lipinski definition) is 6. The van der Waals surface area contributed by atoms with Crippen LogP contribution in [-0.2, 0) is 0 Å². The molecular weight excluding hydrogens is 424 g/mol. The maximum Gasteiger partial charge on any atom is 0.246 e. The lowest BCUT2D eigenvalue weighted by Crippen LogP contribution is -2.34. The lowest BCUT2D eigenvalue weighted by molar-refractivity contribution is 0.372. The predicted molar refractivity (Wildman–Crippen MR) is 134 cm³/mol. The predicted octanol–water partition coefficient (Wildman–Crippen LogP) is 5.82. The molecule has 1 atom stereocenters. The zero-order valence-corrected chi connectivity index (χ0v) is 19.2. The van der Waals surface area contributed by atoms with Gasteiger partial charge in [0.1, 0.15) is 11.4 Å². The van der Waals surface area contributed by atoms with Gasteiger partial charge in [-0.25, -0.2) is 4.98 Å². The molecule has 6 heteroatoms. The summed E-state index contributed by atoms with van der Waals surface area (Å²) >= 11 is 0. The number of anilines is 1. The Kier molecular flexibility index (Phi) is 5.95. The Morgan fingerprint density at radius 1 is 0.882 bits per heavy atom. The van der Waals surface area contributed by atoms with Gasteiger partial charge in [-0.1, -0.05) is 78.4 Å². The van der Waals surface area contributed by atoms with Gasteiger partial charge in [-0.2, -0.15) is 0 Å². The number of hydrogen-bond donors (Lipinski definition) is 1. The molecule has 0 spiro atoms. The summed E-state index contributed by atoms with van der Waals surface area (Å²) in [5.41, 5.74) is 5.79. The number of rotatable bonds is 5. The van der Waals surface area contributed by atoms with Crippen LogP contribution in [0, 0.1) is 0 Å². The van der Waals surface area contributed by atoms with Gasteiger partial charge in [0.05, 0.1) is 13.2 Å². The van der Waals surface area contributed by atoms with Crippen molar-refractivity contribution < 1.29 is 9.84 Å². The van der Waals surface area contributed by atoms with E-state index in [1.807, 2.05) is 72.8 Å². The fourth-order valence-corrected chi connectivity index (χ4v) is 4.34. The molecule has 1 unspecified atom stereocenters. The maximum absolute atomic E-state index is 10.1. The molecule has 5 rings (SSSR count). The van der Waals surface area contributed by atoms with E-state index >= 15 is 0 Å². The van der Waals surface area contributed by atoms with Gasteiger partial charge in [-0.05, 0) is 31.0 Å². The summed E-state index contributed by atoms with van der Waals surface area (Å²) in [4.78, 5) is 7.23. The summed E-state index contributed by atoms with van der Waals surface area (Å²) in [6.07, 6.45) is 3.04. The summed E-state index contributed by atoms with van der Waals surface area (Å²) in [7, 11) is 1.56. The van der Waals surface area contributed by atoms with Crippen LogP contribution in [-0.4, -0.2) is 33.9 Å². The van der Waals surface area contributed by atoms with Gasteiger partial charge in [0.2, 0.25) is 5.95 Å². The van der Waals surface area contributed by atoms with Crippen molar-refractivity contribution in [1.82, 2.24) is 15.2 Å². The zero-order valence-electron chi connectivity index (χ0n) is 19.2. The SMILES string of the molecule is COc1cc(C2CC=C(C)CN2c2nnc(-c3ccccc3)c(-c3ccccc3)n2)ccc1O. The van der Waals surface area contributed by atoms with Crippen molar-refractivity contribution >= 4 is 5.95 Å². The van der Waals surface area contributed by atoms with Gasteiger partial charge < -0.3 is 14.7 Å². The van der Waals surface area contributed by atoms with E-state index in [1.54, 1.807) is 13.2 Å². The number of methoxy groups -OCH3 is 1. The van der Waals surface area contributed by atoms with E-state index in [2.05, 4.69) is 28.1 Å². The van der Waals surface area contributed by atoms with Gasteiger partial charge in [0.25, 0.3) is 0 Å². The molecule has 3 aromatic carbocycles. The molecule has 0 saturated carbocycles. The Morgan fingerprint density at radius 2 is 1.56 bits per heavy atom. The fraction of sp³-hybridized carbons (Fsp3) is 0.179. The first-order chi connectivity index (χ1) is 16.6. The molecule has 1 N–H and O–H groups in total. The van der Waals surface area contributed by atoms with Gasteiger partial charge >= 0.3 is 0 Å². The number of ether oxygens (including phenoxy) is 1. The summed E-state index contributed by atoms with van der Waals surface area (Å²) in [6, 6.07) is 25.6. The van der Waals surface area contributed by atoms with Crippen LogP contribution in [0.15, 0.2) is 90.5 Å². The lowest BCUT2D eigenvalue weighted by atomic mass is 9.96. The molecule has 1 aromatic heterocycles.